The number of ether oxygens (including phenoxy) is 1. The number of nitrogens with one attached hydrogen (secondary N) is 1. The lowest BCUT2D eigenvalue weighted by Gasteiger charge is -2.32. The third-order valence-electron chi connectivity index (χ3n) is 3.88. The van der Waals surface area contributed by atoms with Gasteiger partial charge in [-0.3, -0.25) is 0 Å². The fourth-order valence-corrected chi connectivity index (χ4v) is 3.17. The lowest BCUT2D eigenvalue weighted by Crippen LogP contribution is -3.14. The van der Waals surface area contributed by atoms with E-state index in [9.17, 15) is 0 Å². The van der Waals surface area contributed by atoms with Gasteiger partial charge in [-0.1, -0.05) is 36.4 Å². The Labute approximate surface area is 115 Å². The van der Waals surface area contributed by atoms with E-state index in [4.69, 9.17) is 4.74 Å². The van der Waals surface area contributed by atoms with Crippen LogP contribution in [0.2, 0.25) is 0 Å². The summed E-state index contributed by atoms with van der Waals surface area (Å²) in [7, 11) is 0. The molecule has 1 unspecified atom stereocenters. The number of benzene rings is 2. The van der Waals surface area contributed by atoms with Crippen LogP contribution in [-0.2, 0) is 11.3 Å². The first kappa shape index (κ1) is 12.6. The summed E-state index contributed by atoms with van der Waals surface area (Å²) < 4.78 is 5.80. The Hall–Kier alpha value is -1.38. The lowest BCUT2D eigenvalue weighted by molar-refractivity contribution is -0.928. The highest BCUT2D eigenvalue weighted by Crippen LogP contribution is 2.15. The molecule has 2 heteroatoms. The molecule has 100 valence electrons. The van der Waals surface area contributed by atoms with Gasteiger partial charge in [-0.15, -0.1) is 0 Å². The van der Waals surface area contributed by atoms with E-state index in [2.05, 4.69) is 56.3 Å². The van der Waals surface area contributed by atoms with Crippen molar-refractivity contribution < 1.29 is 9.64 Å². The van der Waals surface area contributed by atoms with Crippen molar-refractivity contribution >= 4 is 10.8 Å². The van der Waals surface area contributed by atoms with E-state index in [-0.39, 0.29) is 0 Å². The summed E-state index contributed by atoms with van der Waals surface area (Å²) in [5, 5.41) is 2.67. The second-order valence-corrected chi connectivity index (χ2v) is 5.77. The number of hydrogen-bond donors (Lipinski definition) is 1. The average molecular weight is 256 g/mol. The molecule has 0 amide bonds. The quantitative estimate of drug-likeness (QED) is 0.868. The van der Waals surface area contributed by atoms with Gasteiger partial charge in [0.05, 0.1) is 0 Å². The predicted octanol–water partition coefficient (Wildman–Crippen LogP) is 2.03. The zero-order valence-electron chi connectivity index (χ0n) is 11.7. The van der Waals surface area contributed by atoms with E-state index in [0.29, 0.717) is 12.2 Å². The van der Waals surface area contributed by atoms with Crippen molar-refractivity contribution in [1.82, 2.24) is 0 Å². The molecule has 1 saturated heterocycles. The van der Waals surface area contributed by atoms with Gasteiger partial charge in [-0.25, -0.2) is 0 Å². The molecule has 0 spiro atoms. The van der Waals surface area contributed by atoms with Gasteiger partial charge in [-0.2, -0.15) is 0 Å². The van der Waals surface area contributed by atoms with Gasteiger partial charge >= 0.3 is 0 Å². The smallest absolute Gasteiger partial charge is 0.104 e. The number of quaternary nitrogens is 1. The molecule has 2 aromatic rings. The van der Waals surface area contributed by atoms with Gasteiger partial charge in [0, 0.05) is 5.56 Å². The highest BCUT2D eigenvalue weighted by molar-refractivity contribution is 5.82. The van der Waals surface area contributed by atoms with Crippen LogP contribution in [0.15, 0.2) is 42.5 Å². The van der Waals surface area contributed by atoms with Gasteiger partial charge in [-0.05, 0) is 30.7 Å². The minimum absolute atomic E-state index is 0.374. The highest BCUT2D eigenvalue weighted by atomic mass is 16.5. The summed E-state index contributed by atoms with van der Waals surface area (Å²) in [5.41, 5.74) is 1.43. The van der Waals surface area contributed by atoms with Crippen LogP contribution in [0.5, 0.6) is 0 Å². The van der Waals surface area contributed by atoms with Gasteiger partial charge in [0.25, 0.3) is 0 Å². The zero-order chi connectivity index (χ0) is 13.2. The van der Waals surface area contributed by atoms with Crippen LogP contribution in [-0.4, -0.2) is 25.3 Å². The van der Waals surface area contributed by atoms with Gasteiger partial charge in [0.15, 0.2) is 0 Å². The molecule has 0 aromatic heterocycles. The Bertz CT molecular complexity index is 556. The monoisotopic (exact) mass is 256 g/mol. The van der Waals surface area contributed by atoms with Crippen LogP contribution in [0.3, 0.4) is 0 Å². The summed E-state index contributed by atoms with van der Waals surface area (Å²) in [6.45, 7) is 7.67. The summed E-state index contributed by atoms with van der Waals surface area (Å²) in [5.74, 6) is 0. The molecule has 1 aliphatic heterocycles. The summed E-state index contributed by atoms with van der Waals surface area (Å²) in [6, 6.07) is 15.4. The number of fused-ring (bicyclic) bond motifs is 1. The van der Waals surface area contributed by atoms with Crippen LogP contribution in [0, 0.1) is 0 Å². The van der Waals surface area contributed by atoms with Gasteiger partial charge < -0.3 is 9.64 Å². The van der Waals surface area contributed by atoms with Crippen molar-refractivity contribution in [2.45, 2.75) is 32.6 Å². The molecule has 1 N–H and O–H groups in total. The molecule has 1 aliphatic rings. The van der Waals surface area contributed by atoms with Crippen LogP contribution < -0.4 is 4.90 Å². The number of hydrogen-bond acceptors (Lipinski definition) is 1. The molecule has 0 saturated carbocycles. The second kappa shape index (κ2) is 5.32. The Kier molecular flexibility index (Phi) is 3.54. The standard InChI is InChI=1S/C17H21NO/c1-13-10-18(11-14(2)19-13)12-15-7-8-16-5-3-4-6-17(16)9-15/h3-9,13-14H,10-12H2,1-2H3/p+1/t13-,14+. The van der Waals surface area contributed by atoms with E-state index in [0.717, 1.165) is 19.6 Å². The van der Waals surface area contributed by atoms with E-state index in [1.54, 1.807) is 4.90 Å². The van der Waals surface area contributed by atoms with Crippen molar-refractivity contribution in [1.29, 1.82) is 0 Å². The molecule has 3 rings (SSSR count). The molecule has 19 heavy (non-hydrogen) atoms. The van der Waals surface area contributed by atoms with E-state index >= 15 is 0 Å². The zero-order valence-corrected chi connectivity index (χ0v) is 11.7. The molecule has 1 fully saturated rings. The van der Waals surface area contributed by atoms with E-state index in [1.165, 1.54) is 16.3 Å². The predicted molar refractivity (Wildman–Crippen MR) is 78.4 cm³/mol. The summed E-state index contributed by atoms with van der Waals surface area (Å²) >= 11 is 0. The molecular formula is C17H22NO+. The Morgan fingerprint density at radius 2 is 1.68 bits per heavy atom. The third-order valence-corrected chi connectivity index (χ3v) is 3.88. The first-order valence-electron chi connectivity index (χ1n) is 7.17. The summed E-state index contributed by atoms with van der Waals surface area (Å²) in [6.07, 6.45) is 0.749. The molecule has 0 radical (unpaired) electrons. The third kappa shape index (κ3) is 2.96. The van der Waals surface area contributed by atoms with Gasteiger partial charge in [0.1, 0.15) is 31.8 Å². The van der Waals surface area contributed by atoms with Crippen molar-refractivity contribution in [3.63, 3.8) is 0 Å². The van der Waals surface area contributed by atoms with E-state index in [1.807, 2.05) is 0 Å². The Morgan fingerprint density at radius 1 is 1.00 bits per heavy atom. The van der Waals surface area contributed by atoms with Gasteiger partial charge in [0.2, 0.25) is 0 Å². The van der Waals surface area contributed by atoms with Crippen molar-refractivity contribution in [2.24, 2.45) is 0 Å². The second-order valence-electron chi connectivity index (χ2n) is 5.77. The van der Waals surface area contributed by atoms with Crippen LogP contribution in [0.4, 0.5) is 0 Å². The first-order valence-corrected chi connectivity index (χ1v) is 7.17. The maximum atomic E-state index is 5.80. The SMILES string of the molecule is C[C@@H]1C[NH+](Cc2ccc3ccccc3c2)C[C@H](C)O1. The van der Waals surface area contributed by atoms with Crippen LogP contribution in [0.25, 0.3) is 10.8 Å². The normalized spacial score (nSPS) is 27.6. The molecule has 1 heterocycles. The Morgan fingerprint density at radius 3 is 2.42 bits per heavy atom. The van der Waals surface area contributed by atoms with Crippen molar-refractivity contribution in [3.05, 3.63) is 48.0 Å². The molecule has 2 nitrogen and oxygen atoms in total. The topological polar surface area (TPSA) is 13.7 Å². The van der Waals surface area contributed by atoms with Crippen LogP contribution in [0.1, 0.15) is 19.4 Å². The first-order chi connectivity index (χ1) is 9.20. The molecular weight excluding hydrogens is 234 g/mol. The van der Waals surface area contributed by atoms with E-state index < -0.39 is 0 Å². The highest BCUT2D eigenvalue weighted by Gasteiger charge is 2.25. The minimum atomic E-state index is 0.374. The molecule has 3 atom stereocenters. The fourth-order valence-electron chi connectivity index (χ4n) is 3.17. The molecule has 2 aromatic carbocycles. The van der Waals surface area contributed by atoms with Crippen molar-refractivity contribution in [3.8, 4) is 0 Å². The minimum Gasteiger partial charge on any atom is -0.364 e. The fraction of sp³-hybridized carbons (Fsp3) is 0.412. The number of rotatable bonds is 2. The largest absolute Gasteiger partial charge is 0.364 e. The number of morpholine rings is 1. The van der Waals surface area contributed by atoms with Crippen LogP contribution >= 0.6 is 0 Å². The average Bonchev–Trinajstić information content (AvgIpc) is 2.37. The lowest BCUT2D eigenvalue weighted by atomic mass is 10.1. The Balaban J connectivity index is 1.77. The molecule has 0 aliphatic carbocycles. The molecule has 0 bridgehead atoms. The maximum absolute atomic E-state index is 5.80. The maximum Gasteiger partial charge on any atom is 0.104 e. The van der Waals surface area contributed by atoms with Crippen molar-refractivity contribution in [2.75, 3.05) is 13.1 Å². The summed E-state index contributed by atoms with van der Waals surface area (Å²) in [4.78, 5) is 1.63.